The van der Waals surface area contributed by atoms with Gasteiger partial charge in [0.2, 0.25) is 0 Å². The fraction of sp³-hybridized carbons (Fsp3) is 0.633. The molecule has 0 amide bonds. The summed E-state index contributed by atoms with van der Waals surface area (Å²) < 4.78 is 5.89. The minimum atomic E-state index is -0.551. The van der Waals surface area contributed by atoms with Crippen molar-refractivity contribution in [2.75, 3.05) is 13.1 Å². The second kappa shape index (κ2) is 17.3. The normalized spacial score (nSPS) is 14.5. The van der Waals surface area contributed by atoms with E-state index in [1.165, 1.54) is 70.6 Å². The Labute approximate surface area is 202 Å². The average Bonchev–Trinajstić information content (AvgIpc) is 2.85. The van der Waals surface area contributed by atoms with Crippen LogP contribution in [0.3, 0.4) is 0 Å². The Kier molecular flexibility index (Phi) is 14.1. The first-order chi connectivity index (χ1) is 16.3. The lowest BCUT2D eigenvalue weighted by Crippen LogP contribution is -2.87. The summed E-state index contributed by atoms with van der Waals surface area (Å²) in [5, 5.41) is 2.27. The Bertz CT molecular complexity index is 772. The maximum absolute atomic E-state index is 12.4. The van der Waals surface area contributed by atoms with Crippen molar-refractivity contribution in [1.29, 1.82) is 0 Å². The molecule has 3 nitrogen and oxygen atoms in total. The largest absolute Gasteiger partial charge is 0.444 e. The lowest BCUT2D eigenvalue weighted by atomic mass is 9.85. The smallest absolute Gasteiger partial charge is 0.386 e. The number of carbonyl (C=O) groups excluding carboxylic acids is 1. The number of esters is 1. The van der Waals surface area contributed by atoms with E-state index in [-0.39, 0.29) is 0 Å². The first-order valence-electron chi connectivity index (χ1n) is 13.4. The molecule has 3 heteroatoms. The highest BCUT2D eigenvalue weighted by Crippen LogP contribution is 2.33. The van der Waals surface area contributed by atoms with E-state index >= 15 is 0 Å². The number of unbranched alkanes of at least 4 members (excludes halogenated alkanes) is 12. The van der Waals surface area contributed by atoms with Crippen LogP contribution in [0, 0.1) is 23.7 Å². The number of piperidine rings is 1. The minimum Gasteiger partial charge on any atom is -0.444 e. The fourth-order valence-corrected chi connectivity index (χ4v) is 4.58. The minimum absolute atomic E-state index is 0.472. The molecule has 0 unspecified atom stereocenters. The molecule has 33 heavy (non-hydrogen) atoms. The number of nitrogens with two attached hydrogens (primary N) is 1. The van der Waals surface area contributed by atoms with Crippen LogP contribution >= 0.6 is 0 Å². The van der Waals surface area contributed by atoms with Crippen LogP contribution in [0.4, 0.5) is 0 Å². The van der Waals surface area contributed by atoms with Crippen molar-refractivity contribution in [2.45, 2.75) is 109 Å². The summed E-state index contributed by atoms with van der Waals surface area (Å²) in [6.45, 7) is 4.18. The van der Waals surface area contributed by atoms with E-state index in [9.17, 15) is 4.79 Å². The summed E-state index contributed by atoms with van der Waals surface area (Å²) in [5.41, 5.74) is 0.510. The Morgan fingerprint density at radius 3 is 2.03 bits per heavy atom. The molecule has 0 atom stereocenters. The standard InChI is InChI=1S/C30H43NO2/c1-2-3-4-5-6-7-8-9-10-11-12-13-14-15-16-20-23-29(32)33-30(24-26-31-27-25-30)28-21-18-17-19-22-28/h17-19,21-22,31H,2-14,24-27H2,1H3/p+1. The predicted molar refractivity (Wildman–Crippen MR) is 136 cm³/mol. The molecule has 1 aromatic carbocycles. The van der Waals surface area contributed by atoms with Gasteiger partial charge >= 0.3 is 5.97 Å². The third-order valence-electron chi connectivity index (χ3n) is 6.56. The van der Waals surface area contributed by atoms with Crippen LogP contribution in [0.2, 0.25) is 0 Å². The highest BCUT2D eigenvalue weighted by molar-refractivity contribution is 5.89. The van der Waals surface area contributed by atoms with Gasteiger partial charge in [0.25, 0.3) is 0 Å². The zero-order chi connectivity index (χ0) is 23.5. The van der Waals surface area contributed by atoms with Gasteiger partial charge in [0, 0.05) is 25.2 Å². The molecule has 0 radical (unpaired) electrons. The summed E-state index contributed by atoms with van der Waals surface area (Å²) >= 11 is 0. The Morgan fingerprint density at radius 2 is 1.42 bits per heavy atom. The summed E-state index contributed by atoms with van der Waals surface area (Å²) in [7, 11) is 0. The van der Waals surface area contributed by atoms with Crippen LogP contribution in [0.5, 0.6) is 0 Å². The van der Waals surface area contributed by atoms with Crippen LogP contribution in [0.25, 0.3) is 0 Å². The molecule has 0 bridgehead atoms. The monoisotopic (exact) mass is 450 g/mol. The van der Waals surface area contributed by atoms with E-state index in [0.29, 0.717) is 0 Å². The van der Waals surface area contributed by atoms with E-state index in [0.717, 1.165) is 44.3 Å². The third-order valence-corrected chi connectivity index (χ3v) is 6.56. The fourth-order valence-electron chi connectivity index (χ4n) is 4.58. The van der Waals surface area contributed by atoms with Crippen molar-refractivity contribution in [3.63, 3.8) is 0 Å². The highest BCUT2D eigenvalue weighted by atomic mass is 16.6. The summed E-state index contributed by atoms with van der Waals surface area (Å²) in [6, 6.07) is 10.1. The van der Waals surface area contributed by atoms with Crippen molar-refractivity contribution in [3.05, 3.63) is 35.9 Å². The van der Waals surface area contributed by atoms with E-state index in [4.69, 9.17) is 4.74 Å². The number of benzene rings is 1. The lowest BCUT2D eigenvalue weighted by Gasteiger charge is -2.35. The number of hydrogen-bond donors (Lipinski definition) is 1. The van der Waals surface area contributed by atoms with Gasteiger partial charge in [0.1, 0.15) is 5.60 Å². The second-order valence-electron chi connectivity index (χ2n) is 9.31. The van der Waals surface area contributed by atoms with Crippen LogP contribution < -0.4 is 5.32 Å². The number of hydrogen-bond acceptors (Lipinski definition) is 2. The quantitative estimate of drug-likeness (QED) is 0.166. The SMILES string of the molecule is CCCCCCCCCCCCCCC#CC#CC(=O)OC1(c2ccccc2)CC[NH2+]CC1. The van der Waals surface area contributed by atoms with Gasteiger partial charge < -0.3 is 10.1 Å². The van der Waals surface area contributed by atoms with E-state index < -0.39 is 11.6 Å². The van der Waals surface area contributed by atoms with Crippen LogP contribution in [-0.2, 0) is 15.1 Å². The number of quaternary nitrogens is 1. The Hall–Kier alpha value is -2.23. The van der Waals surface area contributed by atoms with Gasteiger partial charge in [-0.3, -0.25) is 0 Å². The van der Waals surface area contributed by atoms with Gasteiger partial charge in [-0.2, -0.15) is 0 Å². The molecule has 2 N–H and O–H groups in total. The third kappa shape index (κ3) is 11.5. The summed E-state index contributed by atoms with van der Waals surface area (Å²) in [6.07, 6.45) is 18.6. The number of ether oxygens (including phenoxy) is 1. The molecule has 0 saturated carbocycles. The van der Waals surface area contributed by atoms with Crippen LogP contribution in [0.15, 0.2) is 30.3 Å². The second-order valence-corrected chi connectivity index (χ2v) is 9.31. The first-order valence-corrected chi connectivity index (χ1v) is 13.4. The van der Waals surface area contributed by atoms with Crippen molar-refractivity contribution >= 4 is 5.97 Å². The molecular formula is C30H44NO2+. The van der Waals surface area contributed by atoms with Gasteiger partial charge in [-0.25, -0.2) is 4.79 Å². The van der Waals surface area contributed by atoms with Crippen LogP contribution in [-0.4, -0.2) is 19.1 Å². The predicted octanol–water partition coefficient (Wildman–Crippen LogP) is 5.88. The summed E-state index contributed by atoms with van der Waals surface area (Å²) in [4.78, 5) is 12.4. The molecule has 0 spiro atoms. The maximum Gasteiger partial charge on any atom is 0.386 e. The molecule has 2 rings (SSSR count). The van der Waals surface area contributed by atoms with Crippen molar-refractivity contribution in [3.8, 4) is 23.7 Å². The van der Waals surface area contributed by atoms with Crippen LogP contribution in [0.1, 0.15) is 109 Å². The topological polar surface area (TPSA) is 42.9 Å². The Balaban J connectivity index is 1.57. The first kappa shape index (κ1) is 27.0. The summed E-state index contributed by atoms with van der Waals surface area (Å²) in [5.74, 6) is 10.7. The van der Waals surface area contributed by atoms with Gasteiger partial charge in [-0.05, 0) is 23.8 Å². The Morgan fingerprint density at radius 1 is 0.848 bits per heavy atom. The molecule has 180 valence electrons. The number of rotatable bonds is 14. The van der Waals surface area contributed by atoms with Crippen molar-refractivity contribution in [1.82, 2.24) is 0 Å². The van der Waals surface area contributed by atoms with E-state index in [2.05, 4.69) is 35.9 Å². The number of carbonyl (C=O) groups is 1. The highest BCUT2D eigenvalue weighted by Gasteiger charge is 2.39. The molecule has 1 heterocycles. The van der Waals surface area contributed by atoms with Gasteiger partial charge in [-0.15, -0.1) is 0 Å². The molecule has 1 fully saturated rings. The van der Waals surface area contributed by atoms with Gasteiger partial charge in [0.05, 0.1) is 13.1 Å². The van der Waals surface area contributed by atoms with E-state index in [1.54, 1.807) is 0 Å². The van der Waals surface area contributed by atoms with Gasteiger partial charge in [0.15, 0.2) is 0 Å². The average molecular weight is 451 g/mol. The molecular weight excluding hydrogens is 406 g/mol. The maximum atomic E-state index is 12.4. The molecule has 1 aromatic rings. The molecule has 0 aliphatic carbocycles. The van der Waals surface area contributed by atoms with Gasteiger partial charge in [-0.1, -0.05) is 114 Å². The molecule has 1 aliphatic heterocycles. The molecule has 1 saturated heterocycles. The van der Waals surface area contributed by atoms with Crippen molar-refractivity contribution < 1.29 is 14.8 Å². The molecule has 1 aliphatic rings. The van der Waals surface area contributed by atoms with E-state index in [1.807, 2.05) is 30.3 Å². The molecule has 0 aromatic heterocycles. The zero-order valence-corrected chi connectivity index (χ0v) is 20.8. The van der Waals surface area contributed by atoms with Crippen molar-refractivity contribution in [2.24, 2.45) is 0 Å². The lowest BCUT2D eigenvalue weighted by molar-refractivity contribution is -0.668. The zero-order valence-electron chi connectivity index (χ0n) is 20.8.